The number of rotatable bonds is 3. The Hall–Kier alpha value is -1.62. The van der Waals surface area contributed by atoms with Crippen LogP contribution in [0.2, 0.25) is 0 Å². The Morgan fingerprint density at radius 3 is 2.93 bits per heavy atom. The minimum absolute atomic E-state index is 0.262. The molecule has 0 saturated carbocycles. The number of hydrogen-bond acceptors (Lipinski definition) is 4. The van der Waals surface area contributed by atoms with Crippen molar-refractivity contribution in [2.75, 3.05) is 0 Å². The number of ether oxygens (including phenoxy) is 1. The molecule has 0 aliphatic heterocycles. The van der Waals surface area contributed by atoms with Crippen LogP contribution in [0, 0.1) is 11.8 Å². The number of aromatic amines is 1. The lowest BCUT2D eigenvalue weighted by atomic mass is 10.2. The molecule has 0 fully saturated rings. The van der Waals surface area contributed by atoms with Gasteiger partial charge in [0.2, 0.25) is 0 Å². The van der Waals surface area contributed by atoms with Gasteiger partial charge < -0.3 is 9.15 Å². The van der Waals surface area contributed by atoms with Crippen molar-refractivity contribution in [3.05, 3.63) is 40.6 Å². The molecule has 1 heterocycles. The van der Waals surface area contributed by atoms with Crippen LogP contribution in [0.3, 0.4) is 0 Å². The second kappa shape index (κ2) is 4.27. The predicted octanol–water partition coefficient (Wildman–Crippen LogP) is 2.62. The lowest BCUT2D eigenvalue weighted by Gasteiger charge is -2.05. The fourth-order valence-corrected chi connectivity index (χ4v) is 1.32. The van der Waals surface area contributed by atoms with E-state index in [0.717, 1.165) is 11.3 Å². The molecule has 0 radical (unpaired) electrons. The van der Waals surface area contributed by atoms with Gasteiger partial charge in [-0.3, -0.25) is 0 Å². The first-order valence-corrected chi connectivity index (χ1v) is 4.89. The number of nitrogens with one attached hydrogen (secondary N) is 1. The van der Waals surface area contributed by atoms with E-state index >= 15 is 0 Å². The summed E-state index contributed by atoms with van der Waals surface area (Å²) in [6.45, 7) is 2.26. The SMILES string of the molecule is Cc1ccccc1OCc1n[nH]c(=S)o1. The van der Waals surface area contributed by atoms with E-state index < -0.39 is 0 Å². The molecule has 0 atom stereocenters. The van der Waals surface area contributed by atoms with Crippen LogP contribution in [-0.2, 0) is 6.61 Å². The fraction of sp³-hybridized carbons (Fsp3) is 0.200. The maximum atomic E-state index is 5.51. The molecule has 0 saturated heterocycles. The number of hydrogen-bond donors (Lipinski definition) is 1. The van der Waals surface area contributed by atoms with Gasteiger partial charge in [-0.25, -0.2) is 5.10 Å². The molecule has 0 bridgehead atoms. The third-order valence-corrected chi connectivity index (χ3v) is 2.10. The van der Waals surface area contributed by atoms with E-state index in [1.54, 1.807) is 0 Å². The fourth-order valence-electron chi connectivity index (χ4n) is 1.18. The molecule has 2 aromatic rings. The molecule has 5 heteroatoms. The van der Waals surface area contributed by atoms with Gasteiger partial charge in [-0.2, -0.15) is 0 Å². The van der Waals surface area contributed by atoms with Crippen LogP contribution < -0.4 is 4.74 Å². The van der Waals surface area contributed by atoms with Gasteiger partial charge in [-0.15, -0.1) is 5.10 Å². The molecule has 1 N–H and O–H groups in total. The van der Waals surface area contributed by atoms with Crippen molar-refractivity contribution in [1.29, 1.82) is 0 Å². The van der Waals surface area contributed by atoms with E-state index in [-0.39, 0.29) is 11.4 Å². The number of benzene rings is 1. The van der Waals surface area contributed by atoms with Crippen molar-refractivity contribution in [2.24, 2.45) is 0 Å². The molecule has 0 unspecified atom stereocenters. The Balaban J connectivity index is 2.05. The maximum Gasteiger partial charge on any atom is 0.284 e. The van der Waals surface area contributed by atoms with Crippen molar-refractivity contribution in [3.8, 4) is 5.75 Å². The third kappa shape index (κ3) is 2.44. The van der Waals surface area contributed by atoms with Gasteiger partial charge >= 0.3 is 0 Å². The highest BCUT2D eigenvalue weighted by molar-refractivity contribution is 7.71. The van der Waals surface area contributed by atoms with Crippen molar-refractivity contribution < 1.29 is 9.15 Å². The van der Waals surface area contributed by atoms with Gasteiger partial charge in [-0.05, 0) is 30.8 Å². The second-order valence-electron chi connectivity index (χ2n) is 3.06. The van der Waals surface area contributed by atoms with E-state index in [1.807, 2.05) is 31.2 Å². The molecule has 1 aromatic heterocycles. The molecular formula is C10H10N2O2S. The standard InChI is InChI=1S/C10H10N2O2S/c1-7-4-2-3-5-8(7)13-6-9-11-12-10(15)14-9/h2-5H,6H2,1H3,(H,12,15). The third-order valence-electron chi connectivity index (χ3n) is 1.93. The summed E-state index contributed by atoms with van der Waals surface area (Å²) in [6.07, 6.45) is 0. The van der Waals surface area contributed by atoms with Crippen molar-refractivity contribution in [2.45, 2.75) is 13.5 Å². The van der Waals surface area contributed by atoms with Crippen LogP contribution in [0.4, 0.5) is 0 Å². The zero-order chi connectivity index (χ0) is 10.7. The van der Waals surface area contributed by atoms with Crippen molar-refractivity contribution in [3.63, 3.8) is 0 Å². The highest BCUT2D eigenvalue weighted by Gasteiger charge is 2.02. The molecule has 78 valence electrons. The molecule has 0 spiro atoms. The Kier molecular flexibility index (Phi) is 2.82. The normalized spacial score (nSPS) is 10.2. The molecule has 15 heavy (non-hydrogen) atoms. The highest BCUT2D eigenvalue weighted by Crippen LogP contribution is 2.17. The van der Waals surface area contributed by atoms with Gasteiger partial charge in [0.1, 0.15) is 5.75 Å². The quantitative estimate of drug-likeness (QED) is 0.811. The minimum Gasteiger partial charge on any atom is -0.484 e. The summed E-state index contributed by atoms with van der Waals surface area (Å²) < 4.78 is 10.6. The summed E-state index contributed by atoms with van der Waals surface area (Å²) in [5.74, 6) is 1.27. The molecule has 0 amide bonds. The van der Waals surface area contributed by atoms with E-state index in [9.17, 15) is 0 Å². The van der Waals surface area contributed by atoms with Crippen LogP contribution in [0.15, 0.2) is 28.7 Å². The first-order chi connectivity index (χ1) is 7.25. The van der Waals surface area contributed by atoms with Crippen LogP contribution in [0.1, 0.15) is 11.5 Å². The summed E-state index contributed by atoms with van der Waals surface area (Å²) in [6, 6.07) is 7.76. The lowest BCUT2D eigenvalue weighted by Crippen LogP contribution is -1.96. The van der Waals surface area contributed by atoms with Gasteiger partial charge in [0, 0.05) is 0 Å². The average molecular weight is 222 g/mol. The Morgan fingerprint density at radius 2 is 2.27 bits per heavy atom. The molecule has 0 aliphatic carbocycles. The van der Waals surface area contributed by atoms with Gasteiger partial charge in [0.15, 0.2) is 6.61 Å². The maximum absolute atomic E-state index is 5.51. The van der Waals surface area contributed by atoms with Crippen molar-refractivity contribution in [1.82, 2.24) is 10.2 Å². The molecule has 0 aliphatic rings. The zero-order valence-electron chi connectivity index (χ0n) is 8.19. The molecule has 2 rings (SSSR count). The predicted molar refractivity (Wildman–Crippen MR) is 57.2 cm³/mol. The smallest absolute Gasteiger partial charge is 0.284 e. The summed E-state index contributed by atoms with van der Waals surface area (Å²) in [4.78, 5) is 0.262. The monoisotopic (exact) mass is 222 g/mol. The summed E-state index contributed by atoms with van der Waals surface area (Å²) in [5.41, 5.74) is 1.08. The van der Waals surface area contributed by atoms with E-state index in [4.69, 9.17) is 21.4 Å². The van der Waals surface area contributed by atoms with Crippen LogP contribution in [0.5, 0.6) is 5.75 Å². The molecule has 4 nitrogen and oxygen atoms in total. The Bertz CT molecular complexity index is 504. The van der Waals surface area contributed by atoms with Crippen LogP contribution in [0.25, 0.3) is 0 Å². The second-order valence-corrected chi connectivity index (χ2v) is 3.43. The molecule has 1 aromatic carbocycles. The number of aromatic nitrogens is 2. The molecular weight excluding hydrogens is 212 g/mol. The van der Waals surface area contributed by atoms with E-state index in [2.05, 4.69) is 10.2 Å². The van der Waals surface area contributed by atoms with E-state index in [0.29, 0.717) is 5.89 Å². The number of aryl methyl sites for hydroxylation is 1. The Morgan fingerprint density at radius 1 is 1.47 bits per heavy atom. The van der Waals surface area contributed by atoms with Crippen LogP contribution in [-0.4, -0.2) is 10.2 Å². The van der Waals surface area contributed by atoms with Gasteiger partial charge in [-0.1, -0.05) is 18.2 Å². The summed E-state index contributed by atoms with van der Waals surface area (Å²) in [7, 11) is 0. The summed E-state index contributed by atoms with van der Waals surface area (Å²) in [5, 5.41) is 6.38. The summed E-state index contributed by atoms with van der Waals surface area (Å²) >= 11 is 4.75. The van der Waals surface area contributed by atoms with Crippen molar-refractivity contribution >= 4 is 12.2 Å². The first kappa shape index (κ1) is 9.92. The topological polar surface area (TPSA) is 51.0 Å². The van der Waals surface area contributed by atoms with E-state index in [1.165, 1.54) is 0 Å². The number of para-hydroxylation sites is 1. The van der Waals surface area contributed by atoms with Gasteiger partial charge in [0.05, 0.1) is 0 Å². The number of H-pyrrole nitrogens is 1. The van der Waals surface area contributed by atoms with Crippen LogP contribution >= 0.6 is 12.2 Å². The van der Waals surface area contributed by atoms with Gasteiger partial charge in [0.25, 0.3) is 10.7 Å². The highest BCUT2D eigenvalue weighted by atomic mass is 32.1. The number of nitrogens with zero attached hydrogens (tertiary/aromatic N) is 1. The Labute approximate surface area is 91.9 Å². The average Bonchev–Trinajstić information content (AvgIpc) is 2.63. The lowest BCUT2D eigenvalue weighted by molar-refractivity contribution is 0.260. The first-order valence-electron chi connectivity index (χ1n) is 4.48. The minimum atomic E-state index is 0.262. The zero-order valence-corrected chi connectivity index (χ0v) is 9.00. The largest absolute Gasteiger partial charge is 0.484 e.